The number of likely N-dealkylation sites (N-methyl/N-ethyl adjacent to an activating group) is 1. The molecule has 0 unspecified atom stereocenters. The van der Waals surface area contributed by atoms with Gasteiger partial charge in [-0.25, -0.2) is 0 Å². The molecule has 0 aliphatic carbocycles. The smallest absolute Gasteiger partial charge is 0.270 e. The van der Waals surface area contributed by atoms with Crippen LogP contribution in [0.1, 0.15) is 35.3 Å². The normalized spacial score (nSPS) is 28.3. The van der Waals surface area contributed by atoms with Crippen LogP contribution in [0.3, 0.4) is 0 Å². The van der Waals surface area contributed by atoms with Crippen LogP contribution in [0.5, 0.6) is 0 Å². The zero-order valence-corrected chi connectivity index (χ0v) is 13.8. The van der Waals surface area contributed by atoms with Gasteiger partial charge in [-0.1, -0.05) is 0 Å². The highest BCUT2D eigenvalue weighted by molar-refractivity contribution is 5.93. The van der Waals surface area contributed by atoms with Crippen molar-refractivity contribution < 1.29 is 9.90 Å². The summed E-state index contributed by atoms with van der Waals surface area (Å²) < 4.78 is 1.72. The molecule has 23 heavy (non-hydrogen) atoms. The van der Waals surface area contributed by atoms with Gasteiger partial charge in [0.25, 0.3) is 5.91 Å². The molecule has 6 nitrogen and oxygen atoms in total. The van der Waals surface area contributed by atoms with Gasteiger partial charge in [-0.05, 0) is 38.9 Å². The number of likely N-dealkylation sites (tertiary alicyclic amines) is 2. The van der Waals surface area contributed by atoms with Crippen molar-refractivity contribution in [3.8, 4) is 6.07 Å². The van der Waals surface area contributed by atoms with Gasteiger partial charge in [0.2, 0.25) is 0 Å². The SMILES string of the molecule is CN1CCC[C@]2(CO)CCN(C(=O)c3cc(C#N)cn3C)C[C@@H]12. The monoisotopic (exact) mass is 316 g/mol. The molecule has 2 saturated heterocycles. The highest BCUT2D eigenvalue weighted by Crippen LogP contribution is 2.41. The Morgan fingerprint density at radius 2 is 2.22 bits per heavy atom. The minimum absolute atomic E-state index is 0.0282. The molecule has 0 saturated carbocycles. The van der Waals surface area contributed by atoms with Crippen molar-refractivity contribution in [2.24, 2.45) is 12.5 Å². The van der Waals surface area contributed by atoms with Gasteiger partial charge in [0.05, 0.1) is 12.2 Å². The first kappa shape index (κ1) is 16.0. The van der Waals surface area contributed by atoms with Crippen molar-refractivity contribution in [2.45, 2.75) is 25.3 Å². The fourth-order valence-corrected chi connectivity index (χ4v) is 4.20. The molecule has 3 rings (SSSR count). The third-order valence-corrected chi connectivity index (χ3v) is 5.65. The zero-order chi connectivity index (χ0) is 16.6. The van der Waals surface area contributed by atoms with Crippen LogP contribution < -0.4 is 0 Å². The number of aryl methyl sites for hydroxylation is 1. The minimum atomic E-state index is -0.0736. The summed E-state index contributed by atoms with van der Waals surface area (Å²) in [6.07, 6.45) is 4.65. The molecule has 0 spiro atoms. The van der Waals surface area contributed by atoms with Crippen molar-refractivity contribution in [3.63, 3.8) is 0 Å². The third-order valence-electron chi connectivity index (χ3n) is 5.65. The van der Waals surface area contributed by atoms with Crippen molar-refractivity contribution in [1.82, 2.24) is 14.4 Å². The first-order valence-electron chi connectivity index (χ1n) is 8.17. The summed E-state index contributed by atoms with van der Waals surface area (Å²) in [6.45, 7) is 2.50. The second kappa shape index (κ2) is 5.99. The Bertz CT molecular complexity index is 648. The number of hydrogen-bond donors (Lipinski definition) is 1. The van der Waals surface area contributed by atoms with Crippen molar-refractivity contribution in [3.05, 3.63) is 23.5 Å². The van der Waals surface area contributed by atoms with E-state index in [4.69, 9.17) is 5.26 Å². The van der Waals surface area contributed by atoms with E-state index in [0.717, 1.165) is 25.8 Å². The molecule has 1 aromatic rings. The number of aromatic nitrogens is 1. The van der Waals surface area contributed by atoms with Gasteiger partial charge >= 0.3 is 0 Å². The summed E-state index contributed by atoms with van der Waals surface area (Å²) in [5.41, 5.74) is 0.986. The van der Waals surface area contributed by atoms with Gasteiger partial charge in [0.1, 0.15) is 11.8 Å². The van der Waals surface area contributed by atoms with Gasteiger partial charge in [-0.15, -0.1) is 0 Å². The molecule has 2 atom stereocenters. The van der Waals surface area contributed by atoms with Crippen LogP contribution >= 0.6 is 0 Å². The largest absolute Gasteiger partial charge is 0.396 e. The van der Waals surface area contributed by atoms with Gasteiger partial charge in [0.15, 0.2) is 0 Å². The third kappa shape index (κ3) is 2.64. The molecule has 1 aromatic heterocycles. The zero-order valence-electron chi connectivity index (χ0n) is 13.8. The number of carbonyl (C=O) groups excluding carboxylic acids is 1. The minimum Gasteiger partial charge on any atom is -0.396 e. The molecule has 0 aromatic carbocycles. The number of aliphatic hydroxyl groups is 1. The lowest BCUT2D eigenvalue weighted by molar-refractivity contribution is -0.0602. The van der Waals surface area contributed by atoms with Gasteiger partial charge in [-0.2, -0.15) is 5.26 Å². The lowest BCUT2D eigenvalue weighted by Gasteiger charge is -2.53. The van der Waals surface area contributed by atoms with E-state index < -0.39 is 0 Å². The molecule has 124 valence electrons. The second-order valence-electron chi connectivity index (χ2n) is 6.96. The number of rotatable bonds is 2. The number of nitrogens with zero attached hydrogens (tertiary/aromatic N) is 4. The van der Waals surface area contributed by atoms with Crippen LogP contribution in [0.4, 0.5) is 0 Å². The van der Waals surface area contributed by atoms with Crippen LogP contribution in [0.15, 0.2) is 12.3 Å². The first-order chi connectivity index (χ1) is 11.0. The van der Waals surface area contributed by atoms with E-state index in [1.54, 1.807) is 23.9 Å². The Morgan fingerprint density at radius 3 is 2.87 bits per heavy atom. The lowest BCUT2D eigenvalue weighted by atomic mass is 9.69. The molecule has 3 heterocycles. The van der Waals surface area contributed by atoms with Crippen LogP contribution in [0.25, 0.3) is 0 Å². The molecule has 6 heteroatoms. The van der Waals surface area contributed by atoms with Crippen LogP contribution in [0.2, 0.25) is 0 Å². The number of carbonyl (C=O) groups is 1. The molecular formula is C17H24N4O2. The van der Waals surface area contributed by atoms with Crippen LogP contribution in [-0.2, 0) is 7.05 Å². The number of aliphatic hydroxyl groups excluding tert-OH is 1. The molecule has 2 aliphatic heterocycles. The van der Waals surface area contributed by atoms with E-state index >= 15 is 0 Å². The predicted molar refractivity (Wildman–Crippen MR) is 85.8 cm³/mol. The fraction of sp³-hybridized carbons (Fsp3) is 0.647. The van der Waals surface area contributed by atoms with E-state index in [1.807, 2.05) is 4.90 Å². The van der Waals surface area contributed by atoms with Crippen molar-refractivity contribution in [2.75, 3.05) is 33.3 Å². The molecule has 2 aliphatic rings. The second-order valence-corrected chi connectivity index (χ2v) is 6.96. The average molecular weight is 316 g/mol. The van der Waals surface area contributed by atoms with Gasteiger partial charge in [0, 0.05) is 37.8 Å². The molecule has 0 radical (unpaired) electrons. The van der Waals surface area contributed by atoms with E-state index in [0.29, 0.717) is 24.3 Å². The van der Waals surface area contributed by atoms with Gasteiger partial charge in [-0.3, -0.25) is 4.79 Å². The van der Waals surface area contributed by atoms with E-state index in [-0.39, 0.29) is 24.0 Å². The Balaban J connectivity index is 1.81. The number of hydrogen-bond acceptors (Lipinski definition) is 4. The van der Waals surface area contributed by atoms with E-state index in [2.05, 4.69) is 18.0 Å². The maximum absolute atomic E-state index is 12.8. The molecular weight excluding hydrogens is 292 g/mol. The molecule has 1 N–H and O–H groups in total. The summed E-state index contributed by atoms with van der Waals surface area (Å²) in [5, 5.41) is 18.9. The topological polar surface area (TPSA) is 72.5 Å². The standard InChI is InChI=1S/C17H24N4O2/c1-19-6-3-4-17(12-22)5-7-21(11-15(17)19)16(23)14-8-13(9-18)10-20(14)2/h8,10,15,22H,3-7,11-12H2,1-2H3/t15-,17-/m1/s1. The van der Waals surface area contributed by atoms with Crippen molar-refractivity contribution >= 4 is 5.91 Å². The quantitative estimate of drug-likeness (QED) is 0.876. The summed E-state index contributed by atoms with van der Waals surface area (Å²) in [5.74, 6) is -0.0282. The number of amides is 1. The van der Waals surface area contributed by atoms with Crippen molar-refractivity contribution in [1.29, 1.82) is 5.26 Å². The van der Waals surface area contributed by atoms with Crippen LogP contribution in [-0.4, -0.2) is 64.7 Å². The maximum Gasteiger partial charge on any atom is 0.270 e. The van der Waals surface area contributed by atoms with Crippen LogP contribution in [0, 0.1) is 16.7 Å². The van der Waals surface area contributed by atoms with Gasteiger partial charge < -0.3 is 19.5 Å². The number of nitriles is 1. The number of piperidine rings is 2. The Labute approximate surface area is 136 Å². The maximum atomic E-state index is 12.8. The summed E-state index contributed by atoms with van der Waals surface area (Å²) in [6, 6.07) is 3.94. The predicted octanol–water partition coefficient (Wildman–Crippen LogP) is 0.816. The Morgan fingerprint density at radius 1 is 1.43 bits per heavy atom. The average Bonchev–Trinajstić information content (AvgIpc) is 2.95. The number of fused-ring (bicyclic) bond motifs is 1. The lowest BCUT2D eigenvalue weighted by Crippen LogP contribution is -2.62. The first-order valence-corrected chi connectivity index (χ1v) is 8.17. The fourth-order valence-electron chi connectivity index (χ4n) is 4.20. The highest BCUT2D eigenvalue weighted by atomic mass is 16.3. The molecule has 0 bridgehead atoms. The molecule has 1 amide bonds. The van der Waals surface area contributed by atoms with E-state index in [1.165, 1.54) is 0 Å². The summed E-state index contributed by atoms with van der Waals surface area (Å²) in [7, 11) is 3.88. The molecule has 2 fully saturated rings. The Hall–Kier alpha value is -1.84. The summed E-state index contributed by atoms with van der Waals surface area (Å²) >= 11 is 0. The highest BCUT2D eigenvalue weighted by Gasteiger charge is 2.47. The Kier molecular flexibility index (Phi) is 4.17. The summed E-state index contributed by atoms with van der Waals surface area (Å²) in [4.78, 5) is 17.0. The van der Waals surface area contributed by atoms with E-state index in [9.17, 15) is 9.90 Å².